The molecule has 3 aromatic rings. The molecule has 3 heterocycles. The van der Waals surface area contributed by atoms with Gasteiger partial charge in [-0.3, -0.25) is 4.68 Å². The van der Waals surface area contributed by atoms with Gasteiger partial charge >= 0.3 is 0 Å². The molecule has 0 aliphatic rings. The summed E-state index contributed by atoms with van der Waals surface area (Å²) in [5.41, 5.74) is 2.56. The van der Waals surface area contributed by atoms with E-state index >= 15 is 0 Å². The molecule has 0 fully saturated rings. The monoisotopic (exact) mass is 300 g/mol. The zero-order valence-electron chi connectivity index (χ0n) is 11.6. The van der Waals surface area contributed by atoms with Gasteiger partial charge in [-0.05, 0) is 25.1 Å². The Morgan fingerprint density at radius 1 is 1.24 bits per heavy atom. The third-order valence-electron chi connectivity index (χ3n) is 2.90. The molecule has 0 saturated heterocycles. The Kier molecular flexibility index (Phi) is 3.58. The van der Waals surface area contributed by atoms with Crippen LogP contribution in [0.4, 0.5) is 0 Å². The summed E-state index contributed by atoms with van der Waals surface area (Å²) in [6, 6.07) is 7.20. The second-order valence-electron chi connectivity index (χ2n) is 4.62. The Labute approximate surface area is 127 Å². The summed E-state index contributed by atoms with van der Waals surface area (Å²) in [6.45, 7) is 1.94. The molecule has 0 spiro atoms. The van der Waals surface area contributed by atoms with Crippen molar-refractivity contribution in [3.05, 3.63) is 53.7 Å². The summed E-state index contributed by atoms with van der Waals surface area (Å²) >= 11 is 5.88. The summed E-state index contributed by atoms with van der Waals surface area (Å²) in [5.74, 6) is 1.27. The highest BCUT2D eigenvalue weighted by atomic mass is 35.5. The molecule has 0 aliphatic carbocycles. The van der Waals surface area contributed by atoms with Crippen LogP contribution in [0.3, 0.4) is 0 Å². The van der Waals surface area contributed by atoms with Gasteiger partial charge in [0, 0.05) is 36.8 Å². The second-order valence-corrected chi connectivity index (χ2v) is 5.01. The zero-order chi connectivity index (χ0) is 14.8. The van der Waals surface area contributed by atoms with Crippen LogP contribution < -0.4 is 4.74 Å². The van der Waals surface area contributed by atoms with E-state index < -0.39 is 0 Å². The number of nitrogens with zero attached hydrogens (tertiary/aromatic N) is 4. The molecule has 106 valence electrons. The molecule has 0 saturated carbocycles. The van der Waals surface area contributed by atoms with E-state index in [2.05, 4.69) is 15.1 Å². The molecule has 0 aromatic carbocycles. The molecule has 0 aliphatic heterocycles. The number of halogens is 1. The van der Waals surface area contributed by atoms with Crippen LogP contribution in [-0.4, -0.2) is 19.7 Å². The smallest absolute Gasteiger partial charge is 0.153 e. The molecular weight excluding hydrogens is 288 g/mol. The first kappa shape index (κ1) is 13.6. The van der Waals surface area contributed by atoms with Crippen LogP contribution in [0, 0.1) is 6.92 Å². The van der Waals surface area contributed by atoms with E-state index in [1.54, 1.807) is 29.2 Å². The van der Waals surface area contributed by atoms with Crippen LogP contribution in [0.25, 0.3) is 11.3 Å². The fraction of sp³-hybridized carbons (Fsp3) is 0.133. The number of hydrogen-bond donors (Lipinski definition) is 0. The Bertz CT molecular complexity index is 785. The minimum atomic E-state index is 0.385. The van der Waals surface area contributed by atoms with Crippen molar-refractivity contribution in [3.8, 4) is 22.8 Å². The van der Waals surface area contributed by atoms with Crippen LogP contribution in [0.5, 0.6) is 11.5 Å². The van der Waals surface area contributed by atoms with E-state index in [0.717, 1.165) is 17.0 Å². The number of pyridine rings is 2. The molecule has 0 bridgehead atoms. The van der Waals surface area contributed by atoms with Gasteiger partial charge < -0.3 is 4.74 Å². The first-order chi connectivity index (χ1) is 10.1. The molecule has 21 heavy (non-hydrogen) atoms. The highest BCUT2D eigenvalue weighted by Gasteiger charge is 2.11. The predicted molar refractivity (Wildman–Crippen MR) is 80.5 cm³/mol. The minimum Gasteiger partial charge on any atom is -0.455 e. The normalized spacial score (nSPS) is 10.6. The topological polar surface area (TPSA) is 52.8 Å². The number of aryl methyl sites for hydroxylation is 2. The Morgan fingerprint density at radius 3 is 2.81 bits per heavy atom. The van der Waals surface area contributed by atoms with Gasteiger partial charge in [0.15, 0.2) is 5.75 Å². The lowest BCUT2D eigenvalue weighted by molar-refractivity contribution is 0.481. The fourth-order valence-corrected chi connectivity index (χ4v) is 2.12. The molecule has 6 heteroatoms. The van der Waals surface area contributed by atoms with Crippen molar-refractivity contribution in [1.82, 2.24) is 19.7 Å². The quantitative estimate of drug-likeness (QED) is 0.693. The van der Waals surface area contributed by atoms with Crippen molar-refractivity contribution in [1.29, 1.82) is 0 Å². The van der Waals surface area contributed by atoms with Gasteiger partial charge in [0.2, 0.25) is 0 Å². The van der Waals surface area contributed by atoms with Crippen LogP contribution in [0.15, 0.2) is 42.9 Å². The number of ether oxygens (including phenoxy) is 1. The highest BCUT2D eigenvalue weighted by Crippen LogP contribution is 2.32. The zero-order valence-corrected chi connectivity index (χ0v) is 12.4. The SMILES string of the molecule is Cc1ccc(Oc2ccnc(Cl)c2)c(-c2cnn(C)c2)n1. The van der Waals surface area contributed by atoms with Crippen molar-refractivity contribution in [2.45, 2.75) is 6.92 Å². The molecule has 0 unspecified atom stereocenters. The lowest BCUT2D eigenvalue weighted by atomic mass is 10.2. The standard InChI is InChI=1S/C15H13ClN4O/c1-10-3-4-13(21-12-5-6-17-14(16)7-12)15(19-10)11-8-18-20(2)9-11/h3-9H,1-2H3. The summed E-state index contributed by atoms with van der Waals surface area (Å²) < 4.78 is 7.61. The van der Waals surface area contributed by atoms with Crippen molar-refractivity contribution in [2.75, 3.05) is 0 Å². The maximum Gasteiger partial charge on any atom is 0.153 e. The molecular formula is C15H13ClN4O. The Hall–Kier alpha value is -2.40. The molecule has 5 nitrogen and oxygen atoms in total. The largest absolute Gasteiger partial charge is 0.455 e. The number of aromatic nitrogens is 4. The minimum absolute atomic E-state index is 0.385. The van der Waals surface area contributed by atoms with E-state index in [-0.39, 0.29) is 0 Å². The summed E-state index contributed by atoms with van der Waals surface area (Å²) in [7, 11) is 1.86. The van der Waals surface area contributed by atoms with Crippen molar-refractivity contribution >= 4 is 11.6 Å². The lowest BCUT2D eigenvalue weighted by Crippen LogP contribution is -1.93. The maximum absolute atomic E-state index is 5.89. The van der Waals surface area contributed by atoms with Gasteiger partial charge in [-0.2, -0.15) is 5.10 Å². The van der Waals surface area contributed by atoms with Crippen LogP contribution in [-0.2, 0) is 7.05 Å². The van der Waals surface area contributed by atoms with Crippen molar-refractivity contribution in [2.24, 2.45) is 7.05 Å². The van der Waals surface area contributed by atoms with Gasteiger partial charge in [0.25, 0.3) is 0 Å². The number of hydrogen-bond acceptors (Lipinski definition) is 4. The van der Waals surface area contributed by atoms with E-state index in [1.165, 1.54) is 0 Å². The molecule has 0 atom stereocenters. The fourth-order valence-electron chi connectivity index (χ4n) is 1.95. The molecule has 3 rings (SSSR count). The van der Waals surface area contributed by atoms with E-state index in [1.807, 2.05) is 32.3 Å². The Morgan fingerprint density at radius 2 is 2.10 bits per heavy atom. The molecule has 0 amide bonds. The average molecular weight is 301 g/mol. The molecule has 0 N–H and O–H groups in total. The van der Waals surface area contributed by atoms with Gasteiger partial charge in [-0.1, -0.05) is 11.6 Å². The summed E-state index contributed by atoms with van der Waals surface area (Å²) in [4.78, 5) is 8.48. The first-order valence-electron chi connectivity index (χ1n) is 6.38. The Balaban J connectivity index is 2.02. The number of rotatable bonds is 3. The van der Waals surface area contributed by atoms with Gasteiger partial charge in [0.05, 0.1) is 6.20 Å². The highest BCUT2D eigenvalue weighted by molar-refractivity contribution is 6.29. The third-order valence-corrected chi connectivity index (χ3v) is 3.11. The van der Waals surface area contributed by atoms with Crippen LogP contribution >= 0.6 is 11.6 Å². The van der Waals surface area contributed by atoms with Gasteiger partial charge in [0.1, 0.15) is 16.6 Å². The summed E-state index contributed by atoms with van der Waals surface area (Å²) in [5, 5.41) is 4.56. The summed E-state index contributed by atoms with van der Waals surface area (Å²) in [6.07, 6.45) is 5.26. The van der Waals surface area contributed by atoms with E-state index in [0.29, 0.717) is 16.7 Å². The van der Waals surface area contributed by atoms with Crippen LogP contribution in [0.2, 0.25) is 5.15 Å². The van der Waals surface area contributed by atoms with E-state index in [9.17, 15) is 0 Å². The molecule has 3 aromatic heterocycles. The van der Waals surface area contributed by atoms with Gasteiger partial charge in [-0.25, -0.2) is 9.97 Å². The predicted octanol–water partition coefficient (Wildman–Crippen LogP) is 3.63. The van der Waals surface area contributed by atoms with Gasteiger partial charge in [-0.15, -0.1) is 0 Å². The van der Waals surface area contributed by atoms with Crippen molar-refractivity contribution < 1.29 is 4.74 Å². The lowest BCUT2D eigenvalue weighted by Gasteiger charge is -2.10. The molecule has 0 radical (unpaired) electrons. The maximum atomic E-state index is 5.89. The van der Waals surface area contributed by atoms with Crippen LogP contribution in [0.1, 0.15) is 5.69 Å². The second kappa shape index (κ2) is 5.54. The first-order valence-corrected chi connectivity index (χ1v) is 6.76. The van der Waals surface area contributed by atoms with E-state index in [4.69, 9.17) is 16.3 Å². The van der Waals surface area contributed by atoms with Crippen molar-refractivity contribution in [3.63, 3.8) is 0 Å². The third kappa shape index (κ3) is 3.03. The average Bonchev–Trinajstić information content (AvgIpc) is 2.87.